The maximum Gasteiger partial charge on any atom is 0.240 e. The first-order chi connectivity index (χ1) is 10.9. The summed E-state index contributed by atoms with van der Waals surface area (Å²) in [6.45, 7) is 9.54. The molecule has 1 aromatic carbocycles. The molecule has 0 spiro atoms. The maximum atomic E-state index is 12.9. The molecule has 0 aromatic heterocycles. The number of anilines is 1. The van der Waals surface area contributed by atoms with E-state index in [9.17, 15) is 9.59 Å². The van der Waals surface area contributed by atoms with Gasteiger partial charge >= 0.3 is 0 Å². The Balaban J connectivity index is 2.14. The lowest BCUT2D eigenvalue weighted by Gasteiger charge is -2.26. The van der Waals surface area contributed by atoms with Crippen LogP contribution in [0, 0.1) is 19.3 Å². The van der Waals surface area contributed by atoms with Gasteiger partial charge in [-0.05, 0) is 56.7 Å². The second kappa shape index (κ2) is 7.16. The molecule has 1 fully saturated rings. The first-order valence-corrected chi connectivity index (χ1v) is 8.62. The van der Waals surface area contributed by atoms with Crippen molar-refractivity contribution in [1.29, 1.82) is 0 Å². The van der Waals surface area contributed by atoms with Crippen LogP contribution < -0.4 is 5.32 Å². The summed E-state index contributed by atoms with van der Waals surface area (Å²) in [5.74, 6) is -0.141. The number of nitrogens with one attached hydrogen (secondary N) is 1. The third kappa shape index (κ3) is 3.74. The molecular weight excluding hydrogens is 288 g/mol. The molecule has 4 nitrogen and oxygen atoms in total. The summed E-state index contributed by atoms with van der Waals surface area (Å²) in [5.41, 5.74) is 2.10. The summed E-state index contributed by atoms with van der Waals surface area (Å²) < 4.78 is 0. The molecule has 0 unspecified atom stereocenters. The van der Waals surface area contributed by atoms with Crippen LogP contribution in [0.4, 0.5) is 5.69 Å². The summed E-state index contributed by atoms with van der Waals surface area (Å²) in [6, 6.07) is 5.98. The minimum atomic E-state index is -0.833. The summed E-state index contributed by atoms with van der Waals surface area (Å²) in [4.78, 5) is 27.5. The number of amides is 2. The van der Waals surface area contributed by atoms with Gasteiger partial charge in [-0.25, -0.2) is 0 Å². The van der Waals surface area contributed by atoms with Crippen LogP contribution in [0.25, 0.3) is 0 Å². The Labute approximate surface area is 139 Å². The molecule has 1 N–H and O–H groups in total. The lowest BCUT2D eigenvalue weighted by Crippen LogP contribution is -2.43. The van der Waals surface area contributed by atoms with Crippen LogP contribution in [-0.4, -0.2) is 29.8 Å². The van der Waals surface area contributed by atoms with E-state index in [2.05, 4.69) is 19.2 Å². The third-order valence-electron chi connectivity index (χ3n) is 4.51. The minimum Gasteiger partial charge on any atom is -0.342 e. The van der Waals surface area contributed by atoms with Crippen molar-refractivity contribution in [1.82, 2.24) is 4.90 Å². The number of hydrogen-bond donors (Lipinski definition) is 1. The highest BCUT2D eigenvalue weighted by Gasteiger charge is 2.57. The minimum absolute atomic E-state index is 0.00371. The summed E-state index contributed by atoms with van der Waals surface area (Å²) in [6.07, 6.45) is 3.15. The van der Waals surface area contributed by atoms with Gasteiger partial charge in [0.2, 0.25) is 11.8 Å². The van der Waals surface area contributed by atoms with Gasteiger partial charge in [0.25, 0.3) is 0 Å². The first-order valence-electron chi connectivity index (χ1n) is 8.62. The second-order valence-corrected chi connectivity index (χ2v) is 6.65. The maximum absolute atomic E-state index is 12.9. The van der Waals surface area contributed by atoms with E-state index in [0.29, 0.717) is 12.8 Å². The molecule has 0 heterocycles. The lowest BCUT2D eigenvalue weighted by atomic mass is 10.0. The Morgan fingerprint density at radius 1 is 1.13 bits per heavy atom. The lowest BCUT2D eigenvalue weighted by molar-refractivity contribution is -0.142. The van der Waals surface area contributed by atoms with Crippen molar-refractivity contribution in [3.63, 3.8) is 0 Å². The molecule has 0 aliphatic heterocycles. The van der Waals surface area contributed by atoms with Crippen molar-refractivity contribution in [2.75, 3.05) is 18.4 Å². The molecule has 1 saturated carbocycles. The molecule has 1 aliphatic carbocycles. The Bertz CT molecular complexity index is 585. The largest absolute Gasteiger partial charge is 0.342 e. The highest BCUT2D eigenvalue weighted by molar-refractivity contribution is 6.13. The van der Waals surface area contributed by atoms with Crippen LogP contribution in [0.1, 0.15) is 50.7 Å². The van der Waals surface area contributed by atoms with Gasteiger partial charge in [0.1, 0.15) is 5.41 Å². The quantitative estimate of drug-likeness (QED) is 0.780. The molecule has 2 amide bonds. The molecule has 0 atom stereocenters. The van der Waals surface area contributed by atoms with Crippen molar-refractivity contribution < 1.29 is 9.59 Å². The molecule has 1 aliphatic rings. The molecule has 0 radical (unpaired) electrons. The Morgan fingerprint density at radius 3 is 2.26 bits per heavy atom. The van der Waals surface area contributed by atoms with Gasteiger partial charge in [0.15, 0.2) is 0 Å². The molecule has 4 heteroatoms. The second-order valence-electron chi connectivity index (χ2n) is 6.65. The molecule has 0 saturated heterocycles. The Hall–Kier alpha value is -1.84. The van der Waals surface area contributed by atoms with Gasteiger partial charge in [0, 0.05) is 18.8 Å². The number of aryl methyl sites for hydroxylation is 2. The highest BCUT2D eigenvalue weighted by atomic mass is 16.2. The van der Waals surface area contributed by atoms with E-state index >= 15 is 0 Å². The van der Waals surface area contributed by atoms with Crippen LogP contribution in [-0.2, 0) is 9.59 Å². The van der Waals surface area contributed by atoms with E-state index in [1.165, 1.54) is 0 Å². The zero-order valence-electron chi connectivity index (χ0n) is 14.7. The molecule has 2 rings (SSSR count). The molecular formula is C19H28N2O2. The fourth-order valence-electron chi connectivity index (χ4n) is 2.93. The van der Waals surface area contributed by atoms with E-state index in [4.69, 9.17) is 0 Å². The fourth-order valence-corrected chi connectivity index (χ4v) is 2.93. The van der Waals surface area contributed by atoms with E-state index in [0.717, 1.165) is 42.7 Å². The number of nitrogens with zero attached hydrogens (tertiary/aromatic N) is 1. The monoisotopic (exact) mass is 316 g/mol. The van der Waals surface area contributed by atoms with Crippen LogP contribution in [0.5, 0.6) is 0 Å². The highest BCUT2D eigenvalue weighted by Crippen LogP contribution is 2.48. The summed E-state index contributed by atoms with van der Waals surface area (Å²) >= 11 is 0. The standard InChI is InChI=1S/C19H28N2O2/c1-5-11-21(12-6-2)18(23)19(9-10-19)17(22)20-16-13-14(3)7-8-15(16)4/h7-8,13H,5-6,9-12H2,1-4H3,(H,20,22). The van der Waals surface area contributed by atoms with Gasteiger partial charge in [-0.1, -0.05) is 26.0 Å². The average Bonchev–Trinajstić information content (AvgIpc) is 3.32. The van der Waals surface area contributed by atoms with Gasteiger partial charge in [-0.15, -0.1) is 0 Å². The van der Waals surface area contributed by atoms with E-state index in [-0.39, 0.29) is 11.8 Å². The zero-order chi connectivity index (χ0) is 17.0. The molecule has 126 valence electrons. The van der Waals surface area contributed by atoms with Crippen molar-refractivity contribution in [3.8, 4) is 0 Å². The predicted molar refractivity (Wildman–Crippen MR) is 93.4 cm³/mol. The van der Waals surface area contributed by atoms with Crippen LogP contribution in [0.3, 0.4) is 0 Å². The van der Waals surface area contributed by atoms with Crippen molar-refractivity contribution in [2.24, 2.45) is 5.41 Å². The fraction of sp³-hybridized carbons (Fsp3) is 0.579. The van der Waals surface area contributed by atoms with E-state index in [1.807, 2.05) is 36.9 Å². The Morgan fingerprint density at radius 2 is 1.74 bits per heavy atom. The number of hydrogen-bond acceptors (Lipinski definition) is 2. The van der Waals surface area contributed by atoms with Gasteiger partial charge in [-0.2, -0.15) is 0 Å². The number of rotatable bonds is 7. The topological polar surface area (TPSA) is 49.4 Å². The van der Waals surface area contributed by atoms with Crippen molar-refractivity contribution in [3.05, 3.63) is 29.3 Å². The number of carbonyl (C=O) groups excluding carboxylic acids is 2. The normalized spacial score (nSPS) is 15.1. The first kappa shape index (κ1) is 17.5. The smallest absolute Gasteiger partial charge is 0.240 e. The van der Waals surface area contributed by atoms with Crippen LogP contribution in [0.15, 0.2) is 18.2 Å². The molecule has 0 bridgehead atoms. The van der Waals surface area contributed by atoms with Crippen molar-refractivity contribution in [2.45, 2.75) is 53.4 Å². The molecule has 23 heavy (non-hydrogen) atoms. The summed E-state index contributed by atoms with van der Waals surface area (Å²) in [7, 11) is 0. The SMILES string of the molecule is CCCN(CCC)C(=O)C1(C(=O)Nc2cc(C)ccc2C)CC1. The number of benzene rings is 1. The number of carbonyl (C=O) groups is 2. The predicted octanol–water partition coefficient (Wildman–Crippen LogP) is 3.67. The van der Waals surface area contributed by atoms with Gasteiger partial charge in [-0.3, -0.25) is 9.59 Å². The van der Waals surface area contributed by atoms with Gasteiger partial charge in [0.05, 0.1) is 0 Å². The summed E-state index contributed by atoms with van der Waals surface area (Å²) in [5, 5.41) is 2.99. The van der Waals surface area contributed by atoms with E-state index in [1.54, 1.807) is 0 Å². The van der Waals surface area contributed by atoms with Crippen LogP contribution >= 0.6 is 0 Å². The van der Waals surface area contributed by atoms with E-state index < -0.39 is 5.41 Å². The van der Waals surface area contributed by atoms with Gasteiger partial charge < -0.3 is 10.2 Å². The third-order valence-corrected chi connectivity index (χ3v) is 4.51. The zero-order valence-corrected chi connectivity index (χ0v) is 14.7. The molecule has 1 aromatic rings. The Kier molecular flexibility index (Phi) is 5.45. The van der Waals surface area contributed by atoms with Crippen molar-refractivity contribution >= 4 is 17.5 Å². The average molecular weight is 316 g/mol. The van der Waals surface area contributed by atoms with Crippen LogP contribution in [0.2, 0.25) is 0 Å².